The molecule has 0 bridgehead atoms. The molecule has 0 saturated heterocycles. The molecule has 0 amide bonds. The Hall–Kier alpha value is -2.87. The maximum atomic E-state index is 11.4. The van der Waals surface area contributed by atoms with E-state index in [9.17, 15) is 5.11 Å². The number of hydrogen-bond acceptors (Lipinski definition) is 2. The molecular formula is C32H39NO. The van der Waals surface area contributed by atoms with Crippen molar-refractivity contribution in [1.82, 2.24) is 0 Å². The lowest BCUT2D eigenvalue weighted by Gasteiger charge is -2.35. The van der Waals surface area contributed by atoms with Crippen LogP contribution in [0.1, 0.15) is 77.0 Å². The molecule has 0 heterocycles. The number of benzene rings is 3. The molecule has 3 aromatic rings. The summed E-state index contributed by atoms with van der Waals surface area (Å²) < 4.78 is 0. The van der Waals surface area contributed by atoms with Gasteiger partial charge >= 0.3 is 0 Å². The van der Waals surface area contributed by atoms with Crippen molar-refractivity contribution >= 4 is 6.21 Å². The van der Waals surface area contributed by atoms with Gasteiger partial charge in [0.1, 0.15) is 5.75 Å². The Bertz CT molecular complexity index is 1110. The van der Waals surface area contributed by atoms with Crippen molar-refractivity contribution in [3.63, 3.8) is 0 Å². The predicted octanol–water partition coefficient (Wildman–Crippen LogP) is 8.41. The van der Waals surface area contributed by atoms with Gasteiger partial charge in [0.2, 0.25) is 0 Å². The minimum absolute atomic E-state index is 0.334. The molecule has 0 unspecified atom stereocenters. The summed E-state index contributed by atoms with van der Waals surface area (Å²) in [5.74, 6) is 1.10. The van der Waals surface area contributed by atoms with Gasteiger partial charge in [-0.2, -0.15) is 0 Å². The van der Waals surface area contributed by atoms with Crippen LogP contribution in [0.15, 0.2) is 77.8 Å². The van der Waals surface area contributed by atoms with Crippen molar-refractivity contribution in [2.24, 2.45) is 16.3 Å². The lowest BCUT2D eigenvalue weighted by Crippen LogP contribution is -2.27. The van der Waals surface area contributed by atoms with Gasteiger partial charge in [-0.1, -0.05) is 95.3 Å². The number of nitrogens with zero attached hydrogens (tertiary/aromatic N) is 1. The average Bonchev–Trinajstić information content (AvgIpc) is 2.84. The fourth-order valence-corrected chi connectivity index (χ4v) is 5.32. The first-order chi connectivity index (χ1) is 16.2. The Balaban J connectivity index is 1.70. The predicted molar refractivity (Wildman–Crippen MR) is 145 cm³/mol. The van der Waals surface area contributed by atoms with Gasteiger partial charge in [-0.25, -0.2) is 0 Å². The molecule has 0 spiro atoms. The zero-order valence-corrected chi connectivity index (χ0v) is 21.4. The van der Waals surface area contributed by atoms with Crippen molar-refractivity contribution in [2.75, 3.05) is 0 Å². The Labute approximate surface area is 205 Å². The van der Waals surface area contributed by atoms with Crippen molar-refractivity contribution in [2.45, 2.75) is 71.8 Å². The summed E-state index contributed by atoms with van der Waals surface area (Å²) in [5.41, 5.74) is 5.19. The SMILES string of the molecule is CC(C)(c1ccccc1)c1cc(-c2ccccc2)cc(C=NC2CCC(C(C)(C)C)CC2)c1O. The van der Waals surface area contributed by atoms with Gasteiger partial charge in [-0.15, -0.1) is 0 Å². The van der Waals surface area contributed by atoms with Crippen LogP contribution >= 0.6 is 0 Å². The minimum Gasteiger partial charge on any atom is -0.507 e. The van der Waals surface area contributed by atoms with Crippen molar-refractivity contribution in [1.29, 1.82) is 0 Å². The highest BCUT2D eigenvalue weighted by Crippen LogP contribution is 2.41. The molecule has 0 atom stereocenters. The maximum Gasteiger partial charge on any atom is 0.128 e. The second-order valence-corrected chi connectivity index (χ2v) is 11.5. The van der Waals surface area contributed by atoms with Crippen LogP contribution in [0.5, 0.6) is 5.75 Å². The molecule has 1 aliphatic rings. The Kier molecular flexibility index (Phi) is 6.98. The fourth-order valence-electron chi connectivity index (χ4n) is 5.32. The summed E-state index contributed by atoms with van der Waals surface area (Å²) in [6, 6.07) is 25.4. The third kappa shape index (κ3) is 5.27. The van der Waals surface area contributed by atoms with Gasteiger partial charge in [0.25, 0.3) is 0 Å². The number of phenols is 1. The van der Waals surface area contributed by atoms with E-state index in [1.54, 1.807) is 0 Å². The van der Waals surface area contributed by atoms with Gasteiger partial charge in [-0.3, -0.25) is 4.99 Å². The molecule has 0 aliphatic heterocycles. The van der Waals surface area contributed by atoms with E-state index in [4.69, 9.17) is 4.99 Å². The van der Waals surface area contributed by atoms with Crippen LogP contribution in [0, 0.1) is 11.3 Å². The molecular weight excluding hydrogens is 414 g/mol. The first kappa shape index (κ1) is 24.3. The van der Waals surface area contributed by atoms with E-state index < -0.39 is 0 Å². The summed E-state index contributed by atoms with van der Waals surface area (Å²) in [6.07, 6.45) is 6.63. The molecule has 1 aliphatic carbocycles. The average molecular weight is 454 g/mol. The molecule has 1 N–H and O–H groups in total. The van der Waals surface area contributed by atoms with Crippen LogP contribution in [-0.4, -0.2) is 17.4 Å². The number of rotatable bonds is 5. The number of aromatic hydroxyl groups is 1. The number of hydrogen-bond donors (Lipinski definition) is 1. The fraction of sp³-hybridized carbons (Fsp3) is 0.406. The summed E-state index contributed by atoms with van der Waals surface area (Å²) in [4.78, 5) is 4.98. The lowest BCUT2D eigenvalue weighted by atomic mass is 9.71. The smallest absolute Gasteiger partial charge is 0.128 e. The van der Waals surface area contributed by atoms with Crippen molar-refractivity contribution in [3.05, 3.63) is 89.5 Å². The maximum absolute atomic E-state index is 11.4. The Morgan fingerprint density at radius 3 is 1.94 bits per heavy atom. The van der Waals surface area contributed by atoms with Crippen molar-refractivity contribution in [3.8, 4) is 16.9 Å². The topological polar surface area (TPSA) is 32.6 Å². The Morgan fingerprint density at radius 1 is 0.765 bits per heavy atom. The Morgan fingerprint density at radius 2 is 1.35 bits per heavy atom. The molecule has 178 valence electrons. The summed E-state index contributed by atoms with van der Waals surface area (Å²) in [6.45, 7) is 11.4. The normalized spacial score (nSPS) is 19.4. The number of aliphatic imine (C=N–C) groups is 1. The third-order valence-electron chi connectivity index (χ3n) is 7.76. The van der Waals surface area contributed by atoms with E-state index in [0.717, 1.165) is 41.0 Å². The standard InChI is InChI=1S/C32H39NO/c1-31(2,3)26-16-18-28(19-17-26)33-22-25-20-24(23-12-8-6-9-13-23)21-29(30(25)34)32(4,5)27-14-10-7-11-15-27/h6-15,20-22,26,28,34H,16-19H2,1-5H3. The van der Waals surface area contributed by atoms with Gasteiger partial charge < -0.3 is 5.11 Å². The van der Waals surface area contributed by atoms with Gasteiger partial charge in [-0.05, 0) is 65.8 Å². The van der Waals surface area contributed by atoms with Crippen LogP contribution in [0.25, 0.3) is 11.1 Å². The van der Waals surface area contributed by atoms with Crippen LogP contribution in [0.2, 0.25) is 0 Å². The first-order valence-electron chi connectivity index (χ1n) is 12.7. The highest BCUT2D eigenvalue weighted by molar-refractivity contribution is 5.88. The molecule has 1 fully saturated rings. The van der Waals surface area contributed by atoms with E-state index in [-0.39, 0.29) is 5.41 Å². The van der Waals surface area contributed by atoms with Gasteiger partial charge in [0.05, 0.1) is 0 Å². The summed E-state index contributed by atoms with van der Waals surface area (Å²) in [5, 5.41) is 11.4. The highest BCUT2D eigenvalue weighted by atomic mass is 16.3. The zero-order chi connectivity index (χ0) is 24.3. The van der Waals surface area contributed by atoms with Crippen LogP contribution in [-0.2, 0) is 5.41 Å². The van der Waals surface area contributed by atoms with E-state index in [0.29, 0.717) is 17.2 Å². The second kappa shape index (κ2) is 9.78. The molecule has 0 radical (unpaired) electrons. The molecule has 0 aromatic heterocycles. The molecule has 34 heavy (non-hydrogen) atoms. The van der Waals surface area contributed by atoms with Gasteiger partial charge in [0.15, 0.2) is 0 Å². The quantitative estimate of drug-likeness (QED) is 0.386. The lowest BCUT2D eigenvalue weighted by molar-refractivity contribution is 0.170. The monoisotopic (exact) mass is 453 g/mol. The summed E-state index contributed by atoms with van der Waals surface area (Å²) in [7, 11) is 0. The number of phenolic OH excluding ortho intramolecular Hbond substituents is 1. The van der Waals surface area contributed by atoms with Crippen LogP contribution < -0.4 is 0 Å². The molecule has 1 saturated carbocycles. The van der Waals surface area contributed by atoms with E-state index in [1.165, 1.54) is 18.4 Å². The van der Waals surface area contributed by atoms with E-state index in [1.807, 2.05) is 18.3 Å². The molecule has 2 heteroatoms. The van der Waals surface area contributed by atoms with E-state index in [2.05, 4.69) is 95.3 Å². The highest BCUT2D eigenvalue weighted by Gasteiger charge is 2.30. The second-order valence-electron chi connectivity index (χ2n) is 11.5. The van der Waals surface area contributed by atoms with Crippen molar-refractivity contribution < 1.29 is 5.11 Å². The molecule has 2 nitrogen and oxygen atoms in total. The molecule has 3 aromatic carbocycles. The summed E-state index contributed by atoms with van der Waals surface area (Å²) >= 11 is 0. The van der Waals surface area contributed by atoms with Crippen LogP contribution in [0.3, 0.4) is 0 Å². The first-order valence-corrected chi connectivity index (χ1v) is 12.7. The third-order valence-corrected chi connectivity index (χ3v) is 7.76. The van der Waals surface area contributed by atoms with Crippen LogP contribution in [0.4, 0.5) is 0 Å². The zero-order valence-electron chi connectivity index (χ0n) is 21.4. The van der Waals surface area contributed by atoms with E-state index >= 15 is 0 Å². The molecule has 4 rings (SSSR count). The minimum atomic E-state index is -0.344. The van der Waals surface area contributed by atoms with Gasteiger partial charge in [0, 0.05) is 28.8 Å². The largest absolute Gasteiger partial charge is 0.507 e.